The van der Waals surface area contributed by atoms with Crippen molar-refractivity contribution in [3.63, 3.8) is 0 Å². The van der Waals surface area contributed by atoms with Crippen LogP contribution in [0.3, 0.4) is 0 Å². The summed E-state index contributed by atoms with van der Waals surface area (Å²) in [5.74, 6) is 0.120. The van der Waals surface area contributed by atoms with Gasteiger partial charge in [-0.05, 0) is 18.4 Å². The number of amides is 1. The molecule has 2 N–H and O–H groups in total. The first-order valence-corrected chi connectivity index (χ1v) is 5.88. The van der Waals surface area contributed by atoms with Gasteiger partial charge in [-0.1, -0.05) is 20.8 Å². The van der Waals surface area contributed by atoms with Gasteiger partial charge in [-0.25, -0.2) is 0 Å². The molecule has 0 aliphatic carbocycles. The number of carbonyl (C=O) groups is 1. The van der Waals surface area contributed by atoms with Crippen molar-refractivity contribution in [1.82, 2.24) is 10.6 Å². The molecule has 0 spiro atoms. The molecule has 0 radical (unpaired) electrons. The zero-order chi connectivity index (χ0) is 12.2. The van der Waals surface area contributed by atoms with Crippen LogP contribution in [0.25, 0.3) is 0 Å². The quantitative estimate of drug-likeness (QED) is 0.747. The summed E-state index contributed by atoms with van der Waals surface area (Å²) in [5.41, 5.74) is -0.240. The van der Waals surface area contributed by atoms with Crippen molar-refractivity contribution in [3.8, 4) is 0 Å². The highest BCUT2D eigenvalue weighted by atomic mass is 16.5. The average Bonchev–Trinajstić information content (AvgIpc) is 2.63. The Balaban J connectivity index is 2.55. The van der Waals surface area contributed by atoms with Crippen molar-refractivity contribution >= 4 is 5.91 Å². The van der Waals surface area contributed by atoms with Gasteiger partial charge in [-0.3, -0.25) is 4.79 Å². The Morgan fingerprint density at radius 1 is 1.50 bits per heavy atom. The van der Waals surface area contributed by atoms with Gasteiger partial charge in [0.15, 0.2) is 0 Å². The first-order valence-electron chi connectivity index (χ1n) is 5.88. The Bertz CT molecular complexity index is 240. The predicted molar refractivity (Wildman–Crippen MR) is 64.3 cm³/mol. The molecule has 1 amide bonds. The summed E-state index contributed by atoms with van der Waals surface area (Å²) >= 11 is 0. The molecule has 0 bridgehead atoms. The van der Waals surface area contributed by atoms with Gasteiger partial charge in [0.1, 0.15) is 0 Å². The van der Waals surface area contributed by atoms with E-state index in [4.69, 9.17) is 4.74 Å². The lowest BCUT2D eigenvalue weighted by atomic mass is 9.86. The van der Waals surface area contributed by atoms with Crippen LogP contribution in [0.15, 0.2) is 0 Å². The second-order valence-corrected chi connectivity index (χ2v) is 5.88. The lowest BCUT2D eigenvalue weighted by Gasteiger charge is -2.28. The average molecular weight is 228 g/mol. The van der Waals surface area contributed by atoms with Crippen LogP contribution in [0.1, 0.15) is 27.2 Å². The smallest absolute Gasteiger partial charge is 0.229 e. The minimum absolute atomic E-state index is 0.120. The molecule has 1 aliphatic heterocycles. The second-order valence-electron chi connectivity index (χ2n) is 5.88. The van der Waals surface area contributed by atoms with Crippen LogP contribution in [0.2, 0.25) is 0 Å². The molecule has 0 aromatic carbocycles. The molecule has 16 heavy (non-hydrogen) atoms. The van der Waals surface area contributed by atoms with E-state index in [1.54, 1.807) is 7.11 Å². The SMILES string of the molecule is COCC1(C(=O)NCC(C)(C)C)CCNC1. The van der Waals surface area contributed by atoms with E-state index >= 15 is 0 Å². The van der Waals surface area contributed by atoms with Crippen molar-refractivity contribution in [2.75, 3.05) is 33.4 Å². The summed E-state index contributed by atoms with van der Waals surface area (Å²) in [6.07, 6.45) is 0.858. The number of nitrogens with one attached hydrogen (secondary N) is 2. The monoisotopic (exact) mass is 228 g/mol. The second kappa shape index (κ2) is 5.15. The molecule has 1 fully saturated rings. The summed E-state index contributed by atoms with van der Waals surface area (Å²) in [6, 6.07) is 0. The Morgan fingerprint density at radius 3 is 2.62 bits per heavy atom. The lowest BCUT2D eigenvalue weighted by molar-refractivity contribution is -0.133. The van der Waals surface area contributed by atoms with E-state index in [2.05, 4.69) is 31.4 Å². The maximum atomic E-state index is 12.2. The third-order valence-corrected chi connectivity index (χ3v) is 2.93. The van der Waals surface area contributed by atoms with Gasteiger partial charge < -0.3 is 15.4 Å². The van der Waals surface area contributed by atoms with Crippen LogP contribution in [-0.2, 0) is 9.53 Å². The highest BCUT2D eigenvalue weighted by molar-refractivity contribution is 5.83. The minimum Gasteiger partial charge on any atom is -0.384 e. The van der Waals surface area contributed by atoms with Crippen molar-refractivity contribution < 1.29 is 9.53 Å². The molecule has 1 atom stereocenters. The fourth-order valence-electron chi connectivity index (χ4n) is 1.94. The van der Waals surface area contributed by atoms with Gasteiger partial charge >= 0.3 is 0 Å². The Labute approximate surface area is 98.1 Å². The largest absolute Gasteiger partial charge is 0.384 e. The first kappa shape index (κ1) is 13.5. The van der Waals surface area contributed by atoms with E-state index in [1.807, 2.05) is 0 Å². The first-order chi connectivity index (χ1) is 7.40. The molecule has 0 aromatic rings. The molecule has 94 valence electrons. The van der Waals surface area contributed by atoms with Gasteiger partial charge in [0, 0.05) is 20.2 Å². The van der Waals surface area contributed by atoms with Crippen molar-refractivity contribution in [3.05, 3.63) is 0 Å². The number of hydrogen-bond acceptors (Lipinski definition) is 3. The highest BCUT2D eigenvalue weighted by Gasteiger charge is 2.41. The molecule has 1 aliphatic rings. The van der Waals surface area contributed by atoms with E-state index < -0.39 is 0 Å². The zero-order valence-electron chi connectivity index (χ0n) is 10.9. The molecular formula is C12H24N2O2. The van der Waals surface area contributed by atoms with E-state index in [0.717, 1.165) is 19.5 Å². The van der Waals surface area contributed by atoms with Crippen LogP contribution in [0, 0.1) is 10.8 Å². The molecule has 0 aromatic heterocycles. The maximum Gasteiger partial charge on any atom is 0.229 e. The van der Waals surface area contributed by atoms with Crippen molar-refractivity contribution in [1.29, 1.82) is 0 Å². The van der Waals surface area contributed by atoms with Gasteiger partial charge in [0.05, 0.1) is 12.0 Å². The van der Waals surface area contributed by atoms with E-state index in [1.165, 1.54) is 0 Å². The molecular weight excluding hydrogens is 204 g/mol. The highest BCUT2D eigenvalue weighted by Crippen LogP contribution is 2.26. The number of ether oxygens (including phenoxy) is 1. The van der Waals surface area contributed by atoms with Crippen molar-refractivity contribution in [2.45, 2.75) is 27.2 Å². The minimum atomic E-state index is -0.361. The number of methoxy groups -OCH3 is 1. The van der Waals surface area contributed by atoms with Crippen LogP contribution >= 0.6 is 0 Å². The summed E-state index contributed by atoms with van der Waals surface area (Å²) in [7, 11) is 1.65. The number of rotatable bonds is 4. The summed E-state index contributed by atoms with van der Waals surface area (Å²) in [4.78, 5) is 12.2. The van der Waals surface area contributed by atoms with E-state index in [0.29, 0.717) is 13.2 Å². The van der Waals surface area contributed by atoms with Crippen molar-refractivity contribution in [2.24, 2.45) is 10.8 Å². The van der Waals surface area contributed by atoms with E-state index in [-0.39, 0.29) is 16.7 Å². The van der Waals surface area contributed by atoms with Gasteiger partial charge in [-0.15, -0.1) is 0 Å². The molecule has 0 saturated carbocycles. The molecule has 4 heteroatoms. The van der Waals surface area contributed by atoms with Crippen LogP contribution in [-0.4, -0.2) is 39.3 Å². The predicted octanol–water partition coefficient (Wildman–Crippen LogP) is 0.775. The van der Waals surface area contributed by atoms with Gasteiger partial charge in [-0.2, -0.15) is 0 Å². The third-order valence-electron chi connectivity index (χ3n) is 2.93. The molecule has 1 heterocycles. The topological polar surface area (TPSA) is 50.4 Å². The molecule has 1 unspecified atom stereocenters. The third kappa shape index (κ3) is 3.46. The standard InChI is InChI=1S/C12H24N2O2/c1-11(2,3)7-14-10(15)12(9-16-4)5-6-13-8-12/h13H,5-9H2,1-4H3,(H,14,15). The van der Waals surface area contributed by atoms with Crippen LogP contribution in [0.5, 0.6) is 0 Å². The van der Waals surface area contributed by atoms with Crippen LogP contribution in [0.4, 0.5) is 0 Å². The summed E-state index contributed by atoms with van der Waals surface area (Å²) < 4.78 is 5.18. The summed E-state index contributed by atoms with van der Waals surface area (Å²) in [6.45, 7) is 9.16. The Kier molecular flexibility index (Phi) is 4.33. The van der Waals surface area contributed by atoms with Gasteiger partial charge in [0.2, 0.25) is 5.91 Å². The van der Waals surface area contributed by atoms with Crippen LogP contribution < -0.4 is 10.6 Å². The number of hydrogen-bond donors (Lipinski definition) is 2. The fraction of sp³-hybridized carbons (Fsp3) is 0.917. The summed E-state index contributed by atoms with van der Waals surface area (Å²) in [5, 5.41) is 6.27. The molecule has 1 rings (SSSR count). The normalized spacial score (nSPS) is 25.8. The van der Waals surface area contributed by atoms with E-state index in [9.17, 15) is 4.79 Å². The zero-order valence-corrected chi connectivity index (χ0v) is 10.9. The number of carbonyl (C=O) groups excluding carboxylic acids is 1. The lowest BCUT2D eigenvalue weighted by Crippen LogP contribution is -2.47. The van der Waals surface area contributed by atoms with Gasteiger partial charge in [0.25, 0.3) is 0 Å². The maximum absolute atomic E-state index is 12.2. The Hall–Kier alpha value is -0.610. The fourth-order valence-corrected chi connectivity index (χ4v) is 1.94. The molecule has 1 saturated heterocycles. The molecule has 4 nitrogen and oxygen atoms in total. The Morgan fingerprint density at radius 2 is 2.19 bits per heavy atom.